The molecule has 0 bridgehead atoms. The standard InChI is InChI=1S/C19H21FN2O/c20-17-9-5-4-8-16(17)18(12-14-6-2-1-3-7-14)22-19(23)15-10-11-21-13-15/h1-9,15,18,21H,10-13H2,(H,22,23). The minimum atomic E-state index is -0.355. The van der Waals surface area contributed by atoms with Gasteiger partial charge in [0.15, 0.2) is 0 Å². The predicted octanol–water partition coefficient (Wildman–Crippen LogP) is 2.84. The molecule has 3 nitrogen and oxygen atoms in total. The second-order valence-electron chi connectivity index (χ2n) is 5.96. The van der Waals surface area contributed by atoms with Gasteiger partial charge in [0.05, 0.1) is 12.0 Å². The normalized spacial score (nSPS) is 18.6. The van der Waals surface area contributed by atoms with Crippen molar-refractivity contribution in [2.75, 3.05) is 13.1 Å². The topological polar surface area (TPSA) is 41.1 Å². The van der Waals surface area contributed by atoms with Gasteiger partial charge in [0, 0.05) is 12.1 Å². The van der Waals surface area contributed by atoms with Crippen LogP contribution in [-0.2, 0) is 11.2 Å². The fraction of sp³-hybridized carbons (Fsp3) is 0.316. The highest BCUT2D eigenvalue weighted by Gasteiger charge is 2.26. The molecular weight excluding hydrogens is 291 g/mol. The number of carbonyl (C=O) groups excluding carboxylic acids is 1. The molecule has 0 radical (unpaired) electrons. The summed E-state index contributed by atoms with van der Waals surface area (Å²) < 4.78 is 14.2. The first kappa shape index (κ1) is 15.7. The molecule has 1 saturated heterocycles. The number of halogens is 1. The van der Waals surface area contributed by atoms with Crippen molar-refractivity contribution in [3.63, 3.8) is 0 Å². The van der Waals surface area contributed by atoms with Crippen LogP contribution in [0.5, 0.6) is 0 Å². The van der Waals surface area contributed by atoms with Gasteiger partial charge >= 0.3 is 0 Å². The van der Waals surface area contributed by atoms with Crippen LogP contribution in [-0.4, -0.2) is 19.0 Å². The summed E-state index contributed by atoms with van der Waals surface area (Å²) in [4.78, 5) is 12.5. The highest BCUT2D eigenvalue weighted by Crippen LogP contribution is 2.22. The van der Waals surface area contributed by atoms with Crippen molar-refractivity contribution in [3.8, 4) is 0 Å². The third kappa shape index (κ3) is 3.96. The zero-order valence-corrected chi connectivity index (χ0v) is 13.0. The van der Waals surface area contributed by atoms with Crippen molar-refractivity contribution < 1.29 is 9.18 Å². The Morgan fingerprint density at radius 3 is 2.61 bits per heavy atom. The second kappa shape index (κ2) is 7.38. The molecule has 23 heavy (non-hydrogen) atoms. The third-order valence-electron chi connectivity index (χ3n) is 4.31. The van der Waals surface area contributed by atoms with E-state index in [4.69, 9.17) is 0 Å². The molecule has 2 aromatic rings. The molecule has 1 aliphatic rings. The van der Waals surface area contributed by atoms with Gasteiger partial charge in [0.2, 0.25) is 5.91 Å². The predicted molar refractivity (Wildman–Crippen MR) is 88.4 cm³/mol. The molecule has 0 spiro atoms. The zero-order chi connectivity index (χ0) is 16.1. The van der Waals surface area contributed by atoms with Crippen LogP contribution in [0.2, 0.25) is 0 Å². The Kier molecular flexibility index (Phi) is 5.03. The highest BCUT2D eigenvalue weighted by molar-refractivity contribution is 5.79. The maximum Gasteiger partial charge on any atom is 0.224 e. The Morgan fingerprint density at radius 2 is 1.91 bits per heavy atom. The lowest BCUT2D eigenvalue weighted by molar-refractivity contribution is -0.125. The molecule has 3 rings (SSSR count). The Balaban J connectivity index is 1.81. The number of nitrogens with one attached hydrogen (secondary N) is 2. The summed E-state index contributed by atoms with van der Waals surface area (Å²) in [5.74, 6) is -0.308. The van der Waals surface area contributed by atoms with Crippen LogP contribution >= 0.6 is 0 Å². The van der Waals surface area contributed by atoms with E-state index in [0.29, 0.717) is 18.5 Å². The molecule has 2 unspecified atom stereocenters. The molecular formula is C19H21FN2O. The lowest BCUT2D eigenvalue weighted by atomic mass is 9.97. The molecule has 1 aliphatic heterocycles. The minimum Gasteiger partial charge on any atom is -0.349 e. The van der Waals surface area contributed by atoms with E-state index in [0.717, 1.165) is 18.5 Å². The third-order valence-corrected chi connectivity index (χ3v) is 4.31. The van der Waals surface area contributed by atoms with Crippen molar-refractivity contribution in [2.24, 2.45) is 5.92 Å². The van der Waals surface area contributed by atoms with E-state index in [1.165, 1.54) is 6.07 Å². The highest BCUT2D eigenvalue weighted by atomic mass is 19.1. The first-order chi connectivity index (χ1) is 11.2. The fourth-order valence-corrected chi connectivity index (χ4v) is 3.01. The van der Waals surface area contributed by atoms with Crippen LogP contribution in [0.3, 0.4) is 0 Å². The van der Waals surface area contributed by atoms with Gasteiger partial charge in [-0.15, -0.1) is 0 Å². The molecule has 1 heterocycles. The molecule has 2 N–H and O–H groups in total. The van der Waals surface area contributed by atoms with Gasteiger partial charge in [-0.25, -0.2) is 4.39 Å². The van der Waals surface area contributed by atoms with E-state index in [-0.39, 0.29) is 23.7 Å². The van der Waals surface area contributed by atoms with Crippen LogP contribution in [0.4, 0.5) is 4.39 Å². The van der Waals surface area contributed by atoms with E-state index in [1.54, 1.807) is 18.2 Å². The number of hydrogen-bond donors (Lipinski definition) is 2. The molecule has 4 heteroatoms. The van der Waals surface area contributed by atoms with Crippen molar-refractivity contribution in [3.05, 3.63) is 71.5 Å². The van der Waals surface area contributed by atoms with Crippen LogP contribution in [0.15, 0.2) is 54.6 Å². The summed E-state index contributed by atoms with van der Waals surface area (Å²) in [5.41, 5.74) is 1.61. The fourth-order valence-electron chi connectivity index (χ4n) is 3.01. The average molecular weight is 312 g/mol. The van der Waals surface area contributed by atoms with Gasteiger partial charge < -0.3 is 10.6 Å². The summed E-state index contributed by atoms with van der Waals surface area (Å²) in [6.07, 6.45) is 1.41. The smallest absolute Gasteiger partial charge is 0.224 e. The Hall–Kier alpha value is -2.20. The maximum atomic E-state index is 14.2. The minimum absolute atomic E-state index is 0.000755. The molecule has 1 fully saturated rings. The number of carbonyl (C=O) groups is 1. The van der Waals surface area contributed by atoms with Gasteiger partial charge in [0.25, 0.3) is 0 Å². The maximum absolute atomic E-state index is 14.2. The van der Waals surface area contributed by atoms with Crippen LogP contribution in [0.1, 0.15) is 23.6 Å². The lowest BCUT2D eigenvalue weighted by Crippen LogP contribution is -2.36. The number of amides is 1. The van der Waals surface area contributed by atoms with Crippen molar-refractivity contribution in [1.29, 1.82) is 0 Å². The Labute approximate surface area is 135 Å². The Morgan fingerprint density at radius 1 is 1.17 bits per heavy atom. The SMILES string of the molecule is O=C(NC(Cc1ccccc1)c1ccccc1F)C1CCNC1. The van der Waals surface area contributed by atoms with Gasteiger partial charge in [-0.05, 0) is 31.0 Å². The van der Waals surface area contributed by atoms with Crippen molar-refractivity contribution in [1.82, 2.24) is 10.6 Å². The van der Waals surface area contributed by atoms with Crippen molar-refractivity contribution >= 4 is 5.91 Å². The molecule has 0 aliphatic carbocycles. The Bertz CT molecular complexity index is 653. The lowest BCUT2D eigenvalue weighted by Gasteiger charge is -2.22. The average Bonchev–Trinajstić information content (AvgIpc) is 3.10. The van der Waals surface area contributed by atoms with E-state index in [2.05, 4.69) is 10.6 Å². The van der Waals surface area contributed by atoms with E-state index < -0.39 is 0 Å². The number of rotatable bonds is 5. The summed E-state index contributed by atoms with van der Waals surface area (Å²) in [5, 5.41) is 6.24. The van der Waals surface area contributed by atoms with Crippen LogP contribution < -0.4 is 10.6 Å². The molecule has 120 valence electrons. The molecule has 0 aromatic heterocycles. The first-order valence-corrected chi connectivity index (χ1v) is 8.03. The van der Waals surface area contributed by atoms with Crippen LogP contribution in [0.25, 0.3) is 0 Å². The second-order valence-corrected chi connectivity index (χ2v) is 5.96. The molecule has 1 amide bonds. The summed E-state index contributed by atoms with van der Waals surface area (Å²) in [7, 11) is 0. The van der Waals surface area contributed by atoms with E-state index in [1.807, 2.05) is 30.3 Å². The molecule has 0 saturated carbocycles. The zero-order valence-electron chi connectivity index (χ0n) is 13.0. The van der Waals surface area contributed by atoms with Crippen LogP contribution in [0, 0.1) is 11.7 Å². The van der Waals surface area contributed by atoms with Gasteiger partial charge in [0.1, 0.15) is 5.82 Å². The first-order valence-electron chi connectivity index (χ1n) is 8.03. The van der Waals surface area contributed by atoms with Gasteiger partial charge in [-0.1, -0.05) is 48.5 Å². The molecule has 2 aromatic carbocycles. The largest absolute Gasteiger partial charge is 0.349 e. The summed E-state index contributed by atoms with van der Waals surface area (Å²) in [6, 6.07) is 16.2. The quantitative estimate of drug-likeness (QED) is 0.891. The number of hydrogen-bond acceptors (Lipinski definition) is 2. The monoisotopic (exact) mass is 312 g/mol. The molecule has 2 atom stereocenters. The van der Waals surface area contributed by atoms with Gasteiger partial charge in [-0.3, -0.25) is 4.79 Å². The van der Waals surface area contributed by atoms with Crippen molar-refractivity contribution in [2.45, 2.75) is 18.9 Å². The van der Waals surface area contributed by atoms with Gasteiger partial charge in [-0.2, -0.15) is 0 Å². The summed E-state index contributed by atoms with van der Waals surface area (Å²) >= 11 is 0. The number of benzene rings is 2. The van der Waals surface area contributed by atoms with E-state index >= 15 is 0 Å². The van der Waals surface area contributed by atoms with E-state index in [9.17, 15) is 9.18 Å². The summed E-state index contributed by atoms with van der Waals surface area (Å²) in [6.45, 7) is 1.56.